The van der Waals surface area contributed by atoms with Crippen LogP contribution in [-0.2, 0) is 22.5 Å². The van der Waals surface area contributed by atoms with E-state index in [1.165, 1.54) is 0 Å². The number of para-hydroxylation sites is 3. The van der Waals surface area contributed by atoms with Gasteiger partial charge in [-0.25, -0.2) is 4.98 Å². The monoisotopic (exact) mass is 510 g/mol. The Balaban J connectivity index is 1.73. The van der Waals surface area contributed by atoms with Gasteiger partial charge in [-0.1, -0.05) is 55.5 Å². The summed E-state index contributed by atoms with van der Waals surface area (Å²) in [7, 11) is 5.73. The molecule has 0 spiro atoms. The first kappa shape index (κ1) is 27.1. The maximum Gasteiger partial charge on any atom is 0.247 e. The van der Waals surface area contributed by atoms with Crippen LogP contribution in [0.2, 0.25) is 0 Å². The van der Waals surface area contributed by atoms with Gasteiger partial charge >= 0.3 is 0 Å². The predicted octanol–water partition coefficient (Wildman–Crippen LogP) is 6.21. The van der Waals surface area contributed by atoms with Gasteiger partial charge in [0.25, 0.3) is 0 Å². The Labute approximate surface area is 226 Å². The molecule has 6 nitrogen and oxygen atoms in total. The van der Waals surface area contributed by atoms with E-state index in [4.69, 9.17) is 9.72 Å². The van der Waals surface area contributed by atoms with Gasteiger partial charge in [0.15, 0.2) is 0 Å². The van der Waals surface area contributed by atoms with Gasteiger partial charge in [-0.3, -0.25) is 4.79 Å². The molecule has 1 amide bonds. The molecule has 0 fully saturated rings. The van der Waals surface area contributed by atoms with Crippen molar-refractivity contribution in [2.45, 2.75) is 39.8 Å². The fourth-order valence-electron chi connectivity index (χ4n) is 4.91. The van der Waals surface area contributed by atoms with E-state index in [1.807, 2.05) is 66.9 Å². The fraction of sp³-hybridized carbons (Fsp3) is 0.312. The third-order valence-corrected chi connectivity index (χ3v) is 6.87. The van der Waals surface area contributed by atoms with Gasteiger partial charge < -0.3 is 19.1 Å². The second-order valence-corrected chi connectivity index (χ2v) is 9.87. The standard InChI is InChI=1S/C32H38N4O2/c1-7-26-12-10-11-23(2)32(26)36(24(3)22-38-6)31(37)21-35-29-14-9-8-13-28(29)33-30(35)20-17-25-15-18-27(19-16-25)34(4)5/h8-20,24H,7,21-22H2,1-6H3/b20-17+/t24-/m0/s1. The predicted molar refractivity (Wildman–Crippen MR) is 159 cm³/mol. The van der Waals surface area contributed by atoms with Crippen molar-refractivity contribution in [2.24, 2.45) is 0 Å². The molecule has 198 valence electrons. The molecule has 0 aliphatic rings. The van der Waals surface area contributed by atoms with E-state index in [1.54, 1.807) is 7.11 Å². The summed E-state index contributed by atoms with van der Waals surface area (Å²) in [5.74, 6) is 0.753. The lowest BCUT2D eigenvalue weighted by Gasteiger charge is -2.32. The van der Waals surface area contributed by atoms with Crippen LogP contribution >= 0.6 is 0 Å². The third kappa shape index (κ3) is 5.81. The quantitative estimate of drug-likeness (QED) is 0.254. The summed E-state index contributed by atoms with van der Waals surface area (Å²) in [5.41, 5.74) is 7.23. The normalized spacial score (nSPS) is 12.3. The van der Waals surface area contributed by atoms with E-state index < -0.39 is 0 Å². The van der Waals surface area contributed by atoms with Crippen LogP contribution < -0.4 is 9.80 Å². The number of nitrogens with zero attached hydrogens (tertiary/aromatic N) is 4. The minimum absolute atomic E-state index is 0.00619. The SMILES string of the molecule is CCc1cccc(C)c1N(C(=O)Cn1c(/C=C/c2ccc(N(C)C)cc2)nc2ccccc21)[C@@H](C)COC. The van der Waals surface area contributed by atoms with E-state index in [-0.39, 0.29) is 18.5 Å². The topological polar surface area (TPSA) is 50.6 Å². The van der Waals surface area contributed by atoms with Crippen molar-refractivity contribution in [1.29, 1.82) is 0 Å². The Morgan fingerprint density at radius 1 is 1.03 bits per heavy atom. The number of carbonyl (C=O) groups excluding carboxylic acids is 1. The first-order chi connectivity index (χ1) is 18.3. The lowest BCUT2D eigenvalue weighted by Crippen LogP contribution is -2.44. The second-order valence-electron chi connectivity index (χ2n) is 9.87. The molecule has 4 rings (SSSR count). The van der Waals surface area contributed by atoms with Crippen molar-refractivity contribution >= 4 is 40.5 Å². The number of hydrogen-bond acceptors (Lipinski definition) is 4. The first-order valence-corrected chi connectivity index (χ1v) is 13.1. The Bertz CT molecular complexity index is 1420. The molecular formula is C32H38N4O2. The van der Waals surface area contributed by atoms with Crippen molar-refractivity contribution in [3.05, 3.63) is 89.2 Å². The van der Waals surface area contributed by atoms with Gasteiger partial charge in [-0.2, -0.15) is 0 Å². The number of aromatic nitrogens is 2. The summed E-state index contributed by atoms with van der Waals surface area (Å²) in [6, 6.07) is 22.4. The minimum Gasteiger partial charge on any atom is -0.383 e. The molecule has 38 heavy (non-hydrogen) atoms. The Morgan fingerprint density at radius 2 is 1.76 bits per heavy atom. The molecule has 0 saturated carbocycles. The van der Waals surface area contributed by atoms with E-state index in [9.17, 15) is 4.79 Å². The summed E-state index contributed by atoms with van der Waals surface area (Å²) >= 11 is 0. The number of methoxy groups -OCH3 is 1. The van der Waals surface area contributed by atoms with Crippen molar-refractivity contribution in [1.82, 2.24) is 9.55 Å². The van der Waals surface area contributed by atoms with Gasteiger partial charge in [0.1, 0.15) is 12.4 Å². The Morgan fingerprint density at radius 3 is 2.45 bits per heavy atom. The van der Waals surface area contributed by atoms with Gasteiger partial charge in [-0.15, -0.1) is 0 Å². The molecule has 0 bridgehead atoms. The molecule has 6 heteroatoms. The highest BCUT2D eigenvalue weighted by Gasteiger charge is 2.26. The van der Waals surface area contributed by atoms with Crippen LogP contribution in [0.1, 0.15) is 36.4 Å². The van der Waals surface area contributed by atoms with Crippen molar-refractivity contribution in [3.8, 4) is 0 Å². The van der Waals surface area contributed by atoms with Crippen LogP contribution in [0, 0.1) is 6.92 Å². The number of carbonyl (C=O) groups is 1. The number of rotatable bonds is 10. The number of anilines is 2. The molecule has 1 heterocycles. The van der Waals surface area contributed by atoms with Gasteiger partial charge in [0, 0.05) is 26.9 Å². The largest absolute Gasteiger partial charge is 0.383 e. The van der Waals surface area contributed by atoms with E-state index in [0.717, 1.165) is 51.3 Å². The summed E-state index contributed by atoms with van der Waals surface area (Å²) in [6.45, 7) is 6.85. The lowest BCUT2D eigenvalue weighted by molar-refractivity contribution is -0.119. The smallest absolute Gasteiger partial charge is 0.247 e. The van der Waals surface area contributed by atoms with Gasteiger partial charge in [0.05, 0.1) is 29.4 Å². The molecular weight excluding hydrogens is 472 g/mol. The van der Waals surface area contributed by atoms with Crippen molar-refractivity contribution in [3.63, 3.8) is 0 Å². The zero-order chi connectivity index (χ0) is 27.2. The number of aryl methyl sites for hydroxylation is 2. The molecule has 0 aliphatic heterocycles. The average Bonchev–Trinajstić information content (AvgIpc) is 3.26. The molecule has 0 unspecified atom stereocenters. The summed E-state index contributed by atoms with van der Waals surface area (Å²) in [6.07, 6.45) is 4.88. The highest BCUT2D eigenvalue weighted by atomic mass is 16.5. The molecule has 0 saturated heterocycles. The number of ether oxygens (including phenoxy) is 1. The summed E-state index contributed by atoms with van der Waals surface area (Å²) in [4.78, 5) is 23.0. The highest BCUT2D eigenvalue weighted by molar-refractivity contribution is 5.96. The molecule has 0 aliphatic carbocycles. The van der Waals surface area contributed by atoms with Crippen molar-refractivity contribution < 1.29 is 9.53 Å². The van der Waals surface area contributed by atoms with Crippen LogP contribution in [0.5, 0.6) is 0 Å². The van der Waals surface area contributed by atoms with Crippen LogP contribution in [-0.4, -0.2) is 49.3 Å². The highest BCUT2D eigenvalue weighted by Crippen LogP contribution is 2.29. The second kappa shape index (κ2) is 12.1. The maximum atomic E-state index is 14.1. The number of imidazole rings is 1. The molecule has 3 aromatic carbocycles. The molecule has 0 radical (unpaired) electrons. The zero-order valence-electron chi connectivity index (χ0n) is 23.3. The molecule has 1 atom stereocenters. The van der Waals surface area contributed by atoms with E-state index in [0.29, 0.717) is 6.61 Å². The molecule has 0 N–H and O–H groups in total. The zero-order valence-corrected chi connectivity index (χ0v) is 23.3. The minimum atomic E-state index is -0.122. The number of amides is 1. The summed E-state index contributed by atoms with van der Waals surface area (Å²) in [5, 5.41) is 0. The number of benzene rings is 3. The van der Waals surface area contributed by atoms with E-state index >= 15 is 0 Å². The van der Waals surface area contributed by atoms with Crippen molar-refractivity contribution in [2.75, 3.05) is 37.6 Å². The Hall–Kier alpha value is -3.90. The number of fused-ring (bicyclic) bond motifs is 1. The summed E-state index contributed by atoms with van der Waals surface area (Å²) < 4.78 is 7.49. The number of hydrogen-bond donors (Lipinski definition) is 0. The first-order valence-electron chi connectivity index (χ1n) is 13.1. The molecule has 1 aromatic heterocycles. The average molecular weight is 511 g/mol. The van der Waals surface area contributed by atoms with Gasteiger partial charge in [-0.05, 0) is 67.3 Å². The van der Waals surface area contributed by atoms with Crippen LogP contribution in [0.3, 0.4) is 0 Å². The maximum absolute atomic E-state index is 14.1. The third-order valence-electron chi connectivity index (χ3n) is 6.87. The van der Waals surface area contributed by atoms with Crippen LogP contribution in [0.15, 0.2) is 66.7 Å². The lowest BCUT2D eigenvalue weighted by atomic mass is 10.0. The molecule has 4 aromatic rings. The van der Waals surface area contributed by atoms with Crippen LogP contribution in [0.4, 0.5) is 11.4 Å². The fourth-order valence-corrected chi connectivity index (χ4v) is 4.91. The van der Waals surface area contributed by atoms with Crippen LogP contribution in [0.25, 0.3) is 23.2 Å². The Kier molecular flexibility index (Phi) is 8.64. The van der Waals surface area contributed by atoms with Gasteiger partial charge in [0.2, 0.25) is 5.91 Å². The van der Waals surface area contributed by atoms with E-state index in [2.05, 4.69) is 61.2 Å².